The first-order valence-corrected chi connectivity index (χ1v) is 10.0. The standard InChI is InChI=1S/C21H21F4O3P/c1-3-4-5-10-27-16-8-6-14(18(22)20(16)24)15-7-9-17(21(25)19(15)23)28-11-13(2)12-29-26/h3,6-9,13H,1,4-5,10-12H2,2H3/t13-/m0/s1. The minimum atomic E-state index is -1.35. The van der Waals surface area contributed by atoms with Crippen molar-refractivity contribution in [2.75, 3.05) is 19.4 Å². The van der Waals surface area contributed by atoms with Crippen molar-refractivity contribution in [3.05, 3.63) is 60.2 Å². The highest BCUT2D eigenvalue weighted by Crippen LogP contribution is 2.34. The molecule has 0 saturated carbocycles. The normalized spacial score (nSPS) is 12.0. The van der Waals surface area contributed by atoms with Crippen molar-refractivity contribution < 1.29 is 31.6 Å². The third-order valence-electron chi connectivity index (χ3n) is 4.10. The highest BCUT2D eigenvalue weighted by Gasteiger charge is 2.22. The van der Waals surface area contributed by atoms with Crippen molar-refractivity contribution in [1.29, 1.82) is 0 Å². The van der Waals surface area contributed by atoms with E-state index in [2.05, 4.69) is 6.58 Å². The topological polar surface area (TPSA) is 35.5 Å². The number of hydrogen-bond donors (Lipinski definition) is 0. The summed E-state index contributed by atoms with van der Waals surface area (Å²) in [5, 5.41) is 0. The van der Waals surface area contributed by atoms with Gasteiger partial charge in [-0.05, 0) is 37.1 Å². The average Bonchev–Trinajstić information content (AvgIpc) is 2.70. The number of halogens is 4. The van der Waals surface area contributed by atoms with Gasteiger partial charge in [0.15, 0.2) is 31.6 Å². The lowest BCUT2D eigenvalue weighted by molar-refractivity contribution is 0.257. The van der Waals surface area contributed by atoms with E-state index in [1.54, 1.807) is 13.0 Å². The molecule has 0 aliphatic carbocycles. The maximum Gasteiger partial charge on any atom is 0.201 e. The largest absolute Gasteiger partial charge is 0.490 e. The van der Waals surface area contributed by atoms with Gasteiger partial charge in [0.1, 0.15) is 0 Å². The second-order valence-corrected chi connectivity index (χ2v) is 7.11. The van der Waals surface area contributed by atoms with Gasteiger partial charge in [-0.3, -0.25) is 4.57 Å². The minimum absolute atomic E-state index is 0.0336. The number of ether oxygens (including phenoxy) is 2. The van der Waals surface area contributed by atoms with Crippen molar-refractivity contribution in [2.45, 2.75) is 19.8 Å². The molecule has 29 heavy (non-hydrogen) atoms. The molecule has 0 aliphatic heterocycles. The lowest BCUT2D eigenvalue weighted by Gasteiger charge is -2.14. The quantitative estimate of drug-likeness (QED) is 0.176. The lowest BCUT2D eigenvalue weighted by atomic mass is 10.0. The van der Waals surface area contributed by atoms with Crippen LogP contribution in [0.25, 0.3) is 11.1 Å². The van der Waals surface area contributed by atoms with Crippen LogP contribution in [0.15, 0.2) is 36.9 Å². The number of unbranched alkanes of at least 4 members (excludes halogenated alkanes) is 1. The van der Waals surface area contributed by atoms with E-state index in [1.807, 2.05) is 0 Å². The van der Waals surface area contributed by atoms with Gasteiger partial charge in [0.05, 0.1) is 13.2 Å². The van der Waals surface area contributed by atoms with Gasteiger partial charge in [-0.25, -0.2) is 8.78 Å². The molecule has 1 atom stereocenters. The van der Waals surface area contributed by atoms with Gasteiger partial charge in [0.2, 0.25) is 11.6 Å². The van der Waals surface area contributed by atoms with Crippen LogP contribution in [0, 0.1) is 29.2 Å². The highest BCUT2D eigenvalue weighted by molar-refractivity contribution is 7.23. The Morgan fingerprint density at radius 1 is 0.966 bits per heavy atom. The molecule has 0 heterocycles. The third-order valence-corrected chi connectivity index (χ3v) is 4.88. The Kier molecular flexibility index (Phi) is 8.65. The summed E-state index contributed by atoms with van der Waals surface area (Å²) in [5.41, 5.74) is -0.863. The second kappa shape index (κ2) is 11.0. The van der Waals surface area contributed by atoms with E-state index >= 15 is 0 Å². The van der Waals surface area contributed by atoms with Crippen LogP contribution in [0.1, 0.15) is 19.8 Å². The highest BCUT2D eigenvalue weighted by atomic mass is 31.1. The fraction of sp³-hybridized carbons (Fsp3) is 0.333. The summed E-state index contributed by atoms with van der Waals surface area (Å²) >= 11 is 0. The Morgan fingerprint density at radius 2 is 1.52 bits per heavy atom. The molecule has 0 bridgehead atoms. The Bertz CT molecular complexity index is 873. The Balaban J connectivity index is 2.23. The van der Waals surface area contributed by atoms with Crippen LogP contribution in [0.2, 0.25) is 0 Å². The Hall–Kier alpha value is -2.40. The summed E-state index contributed by atoms with van der Waals surface area (Å²) in [7, 11) is -0.0705. The second-order valence-electron chi connectivity index (χ2n) is 6.49. The molecule has 0 saturated heterocycles. The molecule has 156 valence electrons. The van der Waals surface area contributed by atoms with Crippen LogP contribution in [-0.4, -0.2) is 19.4 Å². The van der Waals surface area contributed by atoms with Crippen molar-refractivity contribution in [3.8, 4) is 22.6 Å². The molecule has 2 aromatic carbocycles. The number of hydrogen-bond acceptors (Lipinski definition) is 3. The zero-order chi connectivity index (χ0) is 21.4. The van der Waals surface area contributed by atoms with Crippen molar-refractivity contribution in [2.24, 2.45) is 5.92 Å². The van der Waals surface area contributed by atoms with E-state index in [-0.39, 0.29) is 39.1 Å². The molecule has 0 amide bonds. The summed E-state index contributed by atoms with van der Waals surface area (Å²) in [5.74, 6) is -6.06. The summed E-state index contributed by atoms with van der Waals surface area (Å²) in [4.78, 5) is 0. The zero-order valence-corrected chi connectivity index (χ0v) is 16.8. The van der Waals surface area contributed by atoms with Gasteiger partial charge in [-0.15, -0.1) is 6.58 Å². The molecule has 0 fully saturated rings. The van der Waals surface area contributed by atoms with Gasteiger partial charge >= 0.3 is 0 Å². The van der Waals surface area contributed by atoms with E-state index < -0.39 is 34.4 Å². The first-order chi connectivity index (χ1) is 13.9. The minimum Gasteiger partial charge on any atom is -0.490 e. The maximum atomic E-state index is 14.5. The van der Waals surface area contributed by atoms with E-state index in [0.717, 1.165) is 18.2 Å². The van der Waals surface area contributed by atoms with Crippen LogP contribution in [0.3, 0.4) is 0 Å². The fourth-order valence-corrected chi connectivity index (χ4v) is 2.88. The van der Waals surface area contributed by atoms with E-state index in [1.165, 1.54) is 6.07 Å². The summed E-state index contributed by atoms with van der Waals surface area (Å²) in [6, 6.07) is 4.57. The molecule has 0 aromatic heterocycles. The summed E-state index contributed by atoms with van der Waals surface area (Å²) < 4.78 is 78.5. The summed E-state index contributed by atoms with van der Waals surface area (Å²) in [6.45, 7) is 5.50. The van der Waals surface area contributed by atoms with Crippen LogP contribution in [0.4, 0.5) is 17.6 Å². The van der Waals surface area contributed by atoms with Crippen molar-refractivity contribution in [3.63, 3.8) is 0 Å². The van der Waals surface area contributed by atoms with E-state index in [4.69, 9.17) is 9.47 Å². The van der Waals surface area contributed by atoms with Gasteiger partial charge in [0, 0.05) is 23.2 Å². The maximum absolute atomic E-state index is 14.5. The van der Waals surface area contributed by atoms with Gasteiger partial charge in [0.25, 0.3) is 0 Å². The predicted molar refractivity (Wildman–Crippen MR) is 104 cm³/mol. The first-order valence-electron chi connectivity index (χ1n) is 9.02. The van der Waals surface area contributed by atoms with E-state index in [0.29, 0.717) is 19.0 Å². The van der Waals surface area contributed by atoms with Crippen molar-refractivity contribution in [1.82, 2.24) is 0 Å². The Labute approximate surface area is 168 Å². The SMILES string of the molecule is C=CCCCOc1ccc(-c2ccc(OC[C@H](C)CP=O)c(F)c2F)c(F)c1F. The average molecular weight is 428 g/mol. The van der Waals surface area contributed by atoms with Crippen LogP contribution in [0.5, 0.6) is 11.5 Å². The number of benzene rings is 2. The number of rotatable bonds is 11. The van der Waals surface area contributed by atoms with Gasteiger partial charge < -0.3 is 9.47 Å². The zero-order valence-electron chi connectivity index (χ0n) is 15.9. The predicted octanol–water partition coefficient (Wildman–Crippen LogP) is 6.56. The Morgan fingerprint density at radius 3 is 2.03 bits per heavy atom. The molecule has 0 spiro atoms. The molecule has 2 aromatic rings. The van der Waals surface area contributed by atoms with Crippen molar-refractivity contribution >= 4 is 8.46 Å². The smallest absolute Gasteiger partial charge is 0.201 e. The van der Waals surface area contributed by atoms with Crippen LogP contribution < -0.4 is 9.47 Å². The molecule has 0 aliphatic rings. The molecule has 0 radical (unpaired) electrons. The fourth-order valence-electron chi connectivity index (χ4n) is 2.52. The number of allylic oxidation sites excluding steroid dienone is 1. The van der Waals surface area contributed by atoms with Gasteiger partial charge in [-0.2, -0.15) is 8.78 Å². The molecule has 3 nitrogen and oxygen atoms in total. The molecule has 8 heteroatoms. The van der Waals surface area contributed by atoms with Gasteiger partial charge in [-0.1, -0.05) is 13.0 Å². The monoisotopic (exact) mass is 428 g/mol. The van der Waals surface area contributed by atoms with E-state index in [9.17, 15) is 22.1 Å². The molecule has 0 unspecified atom stereocenters. The third kappa shape index (κ3) is 5.80. The molecular weight excluding hydrogens is 407 g/mol. The molecule has 2 rings (SSSR count). The molecular formula is C21H21F4O3P. The van der Waals surface area contributed by atoms with Crippen LogP contribution >= 0.6 is 8.46 Å². The first kappa shape index (κ1) is 22.9. The summed E-state index contributed by atoms with van der Waals surface area (Å²) in [6.07, 6.45) is 3.24. The lowest BCUT2D eigenvalue weighted by Crippen LogP contribution is -2.11. The molecule has 0 N–H and O–H groups in total. The van der Waals surface area contributed by atoms with Crippen LogP contribution in [-0.2, 0) is 4.57 Å².